The van der Waals surface area contributed by atoms with Crippen LogP contribution in [-0.2, 0) is 17.5 Å². The summed E-state index contributed by atoms with van der Waals surface area (Å²) in [6.07, 6.45) is -0.907. The van der Waals surface area contributed by atoms with Gasteiger partial charge >= 0.3 is 6.18 Å². The van der Waals surface area contributed by atoms with Crippen molar-refractivity contribution in [1.82, 2.24) is 45.6 Å². The number of imidazole rings is 1. The Hall–Kier alpha value is -4.67. The number of piperazine rings is 1. The second-order valence-electron chi connectivity index (χ2n) is 11.7. The maximum Gasteiger partial charge on any atom is 0.433 e. The Morgan fingerprint density at radius 3 is 2.37 bits per heavy atom. The van der Waals surface area contributed by atoms with Gasteiger partial charge in [-0.3, -0.25) is 24.5 Å². The number of hydrogen-bond acceptors (Lipinski definition) is 8. The predicted octanol–water partition coefficient (Wildman–Crippen LogP) is 3.98. The minimum absolute atomic E-state index is 0.0147. The van der Waals surface area contributed by atoms with Crippen LogP contribution in [0.1, 0.15) is 45.1 Å². The number of piperidine rings is 1. The molecule has 3 amide bonds. The first-order valence-corrected chi connectivity index (χ1v) is 16.1. The highest BCUT2D eigenvalue weighted by Crippen LogP contribution is 2.40. The summed E-state index contributed by atoms with van der Waals surface area (Å²) >= 11 is 12.5. The average molecular weight is 720 g/mol. The van der Waals surface area contributed by atoms with Crippen molar-refractivity contribution in [2.75, 3.05) is 45.0 Å². The highest BCUT2D eigenvalue weighted by atomic mass is 35.5. The van der Waals surface area contributed by atoms with E-state index in [1.54, 1.807) is 23.1 Å². The number of nitrogens with one attached hydrogen (secondary N) is 4. The predicted molar refractivity (Wildman–Crippen MR) is 175 cm³/mol. The van der Waals surface area contributed by atoms with Crippen LogP contribution >= 0.6 is 23.2 Å². The number of nitrogens with zero attached hydrogens (tertiary/aromatic N) is 5. The number of carbonyl (C=O) groups excluding carboxylic acids is 3. The van der Waals surface area contributed by atoms with Gasteiger partial charge in [-0.2, -0.15) is 18.3 Å². The van der Waals surface area contributed by atoms with Gasteiger partial charge in [-0.15, -0.1) is 0 Å². The van der Waals surface area contributed by atoms with Gasteiger partial charge in [0.1, 0.15) is 11.4 Å². The molecule has 2 aliphatic rings. The van der Waals surface area contributed by atoms with Crippen LogP contribution in [0.3, 0.4) is 0 Å². The number of H-pyrrole nitrogens is 2. The van der Waals surface area contributed by atoms with E-state index in [0.29, 0.717) is 37.3 Å². The fourth-order valence-electron chi connectivity index (χ4n) is 5.86. The third kappa shape index (κ3) is 7.35. The maximum absolute atomic E-state index is 13.9. The standard InChI is InChI=1S/C31H31Cl2F3N10O3/c32-19-11-16(1-2-18(19)30(49)46-9-7-45(8-10-46)29(48)17-3-5-38-6-4-17)13-41-28(47)27-40-15-23(42-27)24-25(43-44-26(24)31(34,35)36)22-12-20(33)21(37)14-39-22/h1-2,11-12,14-15,17,38H,3-10,13,37H2,(H,40,42)(H,41,47)(H,43,44). The molecule has 18 heteroatoms. The van der Waals surface area contributed by atoms with E-state index in [9.17, 15) is 27.6 Å². The number of rotatable bonds is 7. The molecule has 0 radical (unpaired) electrons. The summed E-state index contributed by atoms with van der Waals surface area (Å²) in [6, 6.07) is 6.05. The molecule has 6 rings (SSSR count). The van der Waals surface area contributed by atoms with Crippen molar-refractivity contribution >= 4 is 46.6 Å². The first-order valence-electron chi connectivity index (χ1n) is 15.4. The average Bonchev–Trinajstić information content (AvgIpc) is 3.77. The molecular formula is C31H31Cl2F3N10O3. The Morgan fingerprint density at radius 2 is 1.69 bits per heavy atom. The molecule has 13 nitrogen and oxygen atoms in total. The highest BCUT2D eigenvalue weighted by molar-refractivity contribution is 6.34. The second kappa shape index (κ2) is 14.1. The Morgan fingerprint density at radius 1 is 0.980 bits per heavy atom. The number of nitrogens with two attached hydrogens (primary N) is 1. The van der Waals surface area contributed by atoms with Crippen molar-refractivity contribution in [2.45, 2.75) is 25.6 Å². The zero-order chi connectivity index (χ0) is 34.9. The molecule has 5 heterocycles. The third-order valence-corrected chi connectivity index (χ3v) is 9.16. The van der Waals surface area contributed by atoms with E-state index in [2.05, 4.69) is 30.7 Å². The van der Waals surface area contributed by atoms with E-state index in [4.69, 9.17) is 28.9 Å². The number of amides is 3. The van der Waals surface area contributed by atoms with Crippen LogP contribution in [0.25, 0.3) is 22.6 Å². The number of anilines is 1. The fourth-order valence-corrected chi connectivity index (χ4v) is 6.30. The Balaban J connectivity index is 1.09. The number of benzene rings is 1. The Labute approximate surface area is 287 Å². The molecule has 49 heavy (non-hydrogen) atoms. The summed E-state index contributed by atoms with van der Waals surface area (Å²) in [4.78, 5) is 53.2. The summed E-state index contributed by atoms with van der Waals surface area (Å²) in [6.45, 7) is 3.34. The van der Waals surface area contributed by atoms with Gasteiger partial charge < -0.3 is 31.2 Å². The van der Waals surface area contributed by atoms with Crippen LogP contribution in [0.2, 0.25) is 10.0 Å². The molecule has 2 saturated heterocycles. The van der Waals surface area contributed by atoms with Crippen molar-refractivity contribution in [3.8, 4) is 22.6 Å². The molecule has 2 fully saturated rings. The van der Waals surface area contributed by atoms with Gasteiger partial charge in [0.05, 0.1) is 50.6 Å². The molecule has 0 aliphatic carbocycles. The fraction of sp³-hybridized carbons (Fsp3) is 0.355. The Bertz CT molecular complexity index is 1880. The minimum atomic E-state index is -4.82. The molecule has 0 atom stereocenters. The largest absolute Gasteiger partial charge is 0.433 e. The monoisotopic (exact) mass is 718 g/mol. The Kier molecular flexibility index (Phi) is 9.81. The quantitative estimate of drug-likeness (QED) is 0.191. The SMILES string of the molecule is Nc1cnc(-c2n[nH]c(C(F)(F)F)c2-c2cnc(C(=O)NCc3ccc(C(=O)N4CCN(C(=O)C5CCNCC5)CC4)c(Cl)c3)[nH]2)cc1Cl. The summed E-state index contributed by atoms with van der Waals surface area (Å²) in [5, 5.41) is 12.0. The zero-order valence-electron chi connectivity index (χ0n) is 25.8. The number of hydrogen-bond donors (Lipinski definition) is 5. The molecule has 0 saturated carbocycles. The molecule has 2 aliphatic heterocycles. The number of pyridine rings is 1. The van der Waals surface area contributed by atoms with Gasteiger partial charge in [-0.05, 0) is 49.7 Å². The lowest BCUT2D eigenvalue weighted by Gasteiger charge is -2.37. The maximum atomic E-state index is 13.9. The van der Waals surface area contributed by atoms with E-state index in [1.165, 1.54) is 12.3 Å². The van der Waals surface area contributed by atoms with E-state index < -0.39 is 23.3 Å². The summed E-state index contributed by atoms with van der Waals surface area (Å²) in [7, 11) is 0. The topological polar surface area (TPSA) is 178 Å². The van der Waals surface area contributed by atoms with Gasteiger partial charge in [0.15, 0.2) is 5.82 Å². The molecule has 3 aromatic heterocycles. The number of alkyl halides is 3. The number of aromatic nitrogens is 5. The van der Waals surface area contributed by atoms with Gasteiger partial charge in [0.25, 0.3) is 11.8 Å². The summed E-state index contributed by atoms with van der Waals surface area (Å²) in [5.74, 6) is -1.06. The smallest absolute Gasteiger partial charge is 0.396 e. The lowest BCUT2D eigenvalue weighted by Crippen LogP contribution is -2.52. The minimum Gasteiger partial charge on any atom is -0.396 e. The van der Waals surface area contributed by atoms with Crippen LogP contribution < -0.4 is 16.4 Å². The number of aromatic amines is 2. The van der Waals surface area contributed by atoms with E-state index in [0.717, 1.165) is 32.1 Å². The van der Waals surface area contributed by atoms with Gasteiger partial charge in [0, 0.05) is 38.6 Å². The summed E-state index contributed by atoms with van der Waals surface area (Å²) in [5.41, 5.74) is 4.80. The lowest BCUT2D eigenvalue weighted by atomic mass is 9.96. The lowest BCUT2D eigenvalue weighted by molar-refractivity contribution is -0.140. The van der Waals surface area contributed by atoms with Crippen LogP contribution in [0, 0.1) is 5.92 Å². The number of halogens is 5. The van der Waals surface area contributed by atoms with Crippen LogP contribution in [0.5, 0.6) is 0 Å². The highest BCUT2D eigenvalue weighted by Gasteiger charge is 2.39. The van der Waals surface area contributed by atoms with E-state index in [1.807, 2.05) is 10.00 Å². The summed E-state index contributed by atoms with van der Waals surface area (Å²) < 4.78 is 41.7. The first-order chi connectivity index (χ1) is 23.4. The normalized spacial score (nSPS) is 15.8. The van der Waals surface area contributed by atoms with E-state index in [-0.39, 0.29) is 62.9 Å². The number of nitrogen functional groups attached to an aromatic ring is 1. The van der Waals surface area contributed by atoms with Crippen molar-refractivity contribution < 1.29 is 27.6 Å². The molecule has 4 aromatic rings. The van der Waals surface area contributed by atoms with Crippen LogP contribution in [0.15, 0.2) is 36.7 Å². The number of carbonyl (C=O) groups is 3. The second-order valence-corrected chi connectivity index (χ2v) is 12.5. The molecule has 0 bridgehead atoms. The zero-order valence-corrected chi connectivity index (χ0v) is 27.3. The molecule has 0 spiro atoms. The molecule has 258 valence electrons. The van der Waals surface area contributed by atoms with Crippen LogP contribution in [0.4, 0.5) is 18.9 Å². The third-order valence-electron chi connectivity index (χ3n) is 8.52. The van der Waals surface area contributed by atoms with Crippen molar-refractivity contribution in [1.29, 1.82) is 0 Å². The molecule has 6 N–H and O–H groups in total. The molecule has 0 unspecified atom stereocenters. The van der Waals surface area contributed by atoms with Crippen molar-refractivity contribution in [3.05, 3.63) is 69.3 Å². The van der Waals surface area contributed by atoms with Gasteiger partial charge in [0.2, 0.25) is 5.91 Å². The molecular weight excluding hydrogens is 688 g/mol. The molecule has 1 aromatic carbocycles. The van der Waals surface area contributed by atoms with Gasteiger partial charge in [-0.25, -0.2) is 4.98 Å². The van der Waals surface area contributed by atoms with E-state index >= 15 is 0 Å². The van der Waals surface area contributed by atoms with Gasteiger partial charge in [-0.1, -0.05) is 29.3 Å². The first kappa shape index (κ1) is 34.2. The van der Waals surface area contributed by atoms with Crippen molar-refractivity contribution in [2.24, 2.45) is 5.92 Å². The van der Waals surface area contributed by atoms with Crippen LogP contribution in [-0.4, -0.2) is 91.9 Å². The van der Waals surface area contributed by atoms with Crippen molar-refractivity contribution in [3.63, 3.8) is 0 Å².